The van der Waals surface area contributed by atoms with Gasteiger partial charge in [0, 0.05) is 31.0 Å². The Bertz CT molecular complexity index is 627. The predicted octanol–water partition coefficient (Wildman–Crippen LogP) is 1.01. The summed E-state index contributed by atoms with van der Waals surface area (Å²) < 4.78 is 26.7. The summed E-state index contributed by atoms with van der Waals surface area (Å²) in [6, 6.07) is 3.56. The molecule has 1 aromatic rings. The summed E-state index contributed by atoms with van der Waals surface area (Å²) in [6.45, 7) is 0.793. The minimum absolute atomic E-state index is 0.150. The normalized spacial score (nSPS) is 17.2. The second kappa shape index (κ2) is 6.60. The van der Waals surface area contributed by atoms with E-state index in [0.717, 1.165) is 18.2 Å². The number of rotatable bonds is 4. The molecule has 21 heavy (non-hydrogen) atoms. The van der Waals surface area contributed by atoms with Crippen molar-refractivity contribution in [3.63, 3.8) is 0 Å². The van der Waals surface area contributed by atoms with E-state index in [-0.39, 0.29) is 16.3 Å². The van der Waals surface area contributed by atoms with E-state index in [9.17, 15) is 18.5 Å². The van der Waals surface area contributed by atoms with Gasteiger partial charge in [0.1, 0.15) is 4.90 Å². The second-order valence-electron chi connectivity index (χ2n) is 4.45. The molecule has 0 radical (unpaired) electrons. The van der Waals surface area contributed by atoms with E-state index in [2.05, 4.69) is 5.43 Å². The molecule has 8 nitrogen and oxygen atoms in total. The van der Waals surface area contributed by atoms with Crippen LogP contribution in [0.2, 0.25) is 0 Å². The molecule has 0 amide bonds. The minimum Gasteiger partial charge on any atom is -0.323 e. The Kier molecular flexibility index (Phi) is 5.04. The van der Waals surface area contributed by atoms with Crippen molar-refractivity contribution in [2.45, 2.75) is 11.3 Å². The van der Waals surface area contributed by atoms with E-state index in [4.69, 9.17) is 5.84 Å². The monoisotopic (exact) mass is 332 g/mol. The lowest BCUT2D eigenvalue weighted by molar-refractivity contribution is -0.385. The summed E-state index contributed by atoms with van der Waals surface area (Å²) in [5.74, 6) is 6.94. The fraction of sp³-hybridized carbons (Fsp3) is 0.455. The van der Waals surface area contributed by atoms with Gasteiger partial charge in [-0.1, -0.05) is 0 Å². The largest absolute Gasteiger partial charge is 0.323 e. The third-order valence-electron chi connectivity index (χ3n) is 3.13. The van der Waals surface area contributed by atoms with E-state index >= 15 is 0 Å². The molecule has 1 saturated heterocycles. The standard InChI is InChI=1S/C11H16N4O4S2/c12-13-10-3-2-9(15(16)17)8-11(10)21(18,19)14-4-1-6-20-7-5-14/h2-3,8,13H,1,4-7,12H2. The van der Waals surface area contributed by atoms with Crippen LogP contribution in [-0.2, 0) is 10.0 Å². The van der Waals surface area contributed by atoms with Crippen molar-refractivity contribution in [1.29, 1.82) is 0 Å². The molecule has 0 aromatic heterocycles. The topological polar surface area (TPSA) is 119 Å². The van der Waals surface area contributed by atoms with Crippen LogP contribution in [-0.4, -0.2) is 42.2 Å². The number of nitro benzene ring substituents is 1. The smallest absolute Gasteiger partial charge is 0.270 e. The van der Waals surface area contributed by atoms with Gasteiger partial charge in [-0.25, -0.2) is 8.42 Å². The number of benzene rings is 1. The lowest BCUT2D eigenvalue weighted by Crippen LogP contribution is -2.33. The fourth-order valence-electron chi connectivity index (χ4n) is 2.06. The molecule has 1 aromatic carbocycles. The molecule has 1 fully saturated rings. The maximum Gasteiger partial charge on any atom is 0.270 e. The zero-order valence-electron chi connectivity index (χ0n) is 11.2. The highest BCUT2D eigenvalue weighted by Crippen LogP contribution is 2.29. The maximum absolute atomic E-state index is 12.7. The van der Waals surface area contributed by atoms with Crippen molar-refractivity contribution in [1.82, 2.24) is 4.31 Å². The quantitative estimate of drug-likeness (QED) is 0.480. The van der Waals surface area contributed by atoms with E-state index in [1.54, 1.807) is 11.8 Å². The number of hydrogen-bond acceptors (Lipinski definition) is 7. The molecule has 1 aliphatic rings. The lowest BCUT2D eigenvalue weighted by Gasteiger charge is -2.21. The number of thioether (sulfide) groups is 1. The first kappa shape index (κ1) is 16.0. The molecular formula is C11H16N4O4S2. The first-order valence-electron chi connectivity index (χ1n) is 6.30. The van der Waals surface area contributed by atoms with Crippen LogP contribution in [0.15, 0.2) is 23.1 Å². The molecule has 0 aliphatic carbocycles. The molecule has 0 spiro atoms. The average Bonchev–Trinajstić information content (AvgIpc) is 2.76. The highest BCUT2D eigenvalue weighted by molar-refractivity contribution is 7.99. The Morgan fingerprint density at radius 2 is 2.10 bits per heavy atom. The van der Waals surface area contributed by atoms with Crippen LogP contribution in [0.3, 0.4) is 0 Å². The third kappa shape index (κ3) is 3.46. The number of nitrogen functional groups attached to an aromatic ring is 1. The first-order chi connectivity index (χ1) is 9.96. The van der Waals surface area contributed by atoms with Gasteiger partial charge in [0.2, 0.25) is 10.0 Å². The third-order valence-corrected chi connectivity index (χ3v) is 6.12. The number of anilines is 1. The minimum atomic E-state index is -3.81. The van der Waals surface area contributed by atoms with Gasteiger partial charge < -0.3 is 5.43 Å². The Hall–Kier alpha value is -1.36. The van der Waals surface area contributed by atoms with E-state index in [0.29, 0.717) is 18.8 Å². The van der Waals surface area contributed by atoms with Crippen LogP contribution in [0.4, 0.5) is 11.4 Å². The molecule has 10 heteroatoms. The lowest BCUT2D eigenvalue weighted by atomic mass is 10.3. The van der Waals surface area contributed by atoms with Gasteiger partial charge in [-0.15, -0.1) is 0 Å². The number of sulfonamides is 1. The number of hydrazine groups is 1. The molecule has 2 rings (SSSR count). The zero-order chi connectivity index (χ0) is 15.5. The summed E-state index contributed by atoms with van der Waals surface area (Å²) in [6.07, 6.45) is 0.754. The zero-order valence-corrected chi connectivity index (χ0v) is 12.8. The van der Waals surface area contributed by atoms with Crippen molar-refractivity contribution in [3.05, 3.63) is 28.3 Å². The van der Waals surface area contributed by atoms with Crippen molar-refractivity contribution in [3.8, 4) is 0 Å². The first-order valence-corrected chi connectivity index (χ1v) is 8.89. The van der Waals surface area contributed by atoms with Crippen molar-refractivity contribution in [2.24, 2.45) is 5.84 Å². The Balaban J connectivity index is 2.46. The highest BCUT2D eigenvalue weighted by Gasteiger charge is 2.29. The Labute approximate surface area is 126 Å². The number of nitro groups is 1. The van der Waals surface area contributed by atoms with E-state index in [1.807, 2.05) is 0 Å². The maximum atomic E-state index is 12.7. The number of hydrogen-bond donors (Lipinski definition) is 2. The van der Waals surface area contributed by atoms with Crippen LogP contribution in [0.5, 0.6) is 0 Å². The van der Waals surface area contributed by atoms with Gasteiger partial charge in [0.15, 0.2) is 0 Å². The average molecular weight is 332 g/mol. The summed E-state index contributed by atoms with van der Waals surface area (Å²) in [5.41, 5.74) is 2.16. The van der Waals surface area contributed by atoms with Crippen LogP contribution in [0.1, 0.15) is 6.42 Å². The summed E-state index contributed by atoms with van der Waals surface area (Å²) >= 11 is 1.69. The van der Waals surface area contributed by atoms with Gasteiger partial charge in [-0.3, -0.25) is 16.0 Å². The van der Waals surface area contributed by atoms with Gasteiger partial charge in [0.25, 0.3) is 5.69 Å². The molecule has 3 N–H and O–H groups in total. The predicted molar refractivity (Wildman–Crippen MR) is 81.6 cm³/mol. The second-order valence-corrected chi connectivity index (χ2v) is 7.58. The molecule has 0 bridgehead atoms. The molecule has 0 atom stereocenters. The number of nitrogens with one attached hydrogen (secondary N) is 1. The number of nitrogens with two attached hydrogens (primary N) is 1. The highest BCUT2D eigenvalue weighted by atomic mass is 32.2. The molecule has 1 heterocycles. The van der Waals surface area contributed by atoms with Crippen LogP contribution in [0.25, 0.3) is 0 Å². The SMILES string of the molecule is NNc1ccc([N+](=O)[O-])cc1S(=O)(=O)N1CCCSCC1. The molecule has 0 saturated carbocycles. The summed E-state index contributed by atoms with van der Waals surface area (Å²) in [7, 11) is -3.81. The van der Waals surface area contributed by atoms with Crippen molar-refractivity contribution >= 4 is 33.2 Å². The van der Waals surface area contributed by atoms with Crippen molar-refractivity contribution < 1.29 is 13.3 Å². The molecule has 116 valence electrons. The van der Waals surface area contributed by atoms with Gasteiger partial charge >= 0.3 is 0 Å². The Morgan fingerprint density at radius 3 is 2.76 bits per heavy atom. The molecular weight excluding hydrogens is 316 g/mol. The van der Waals surface area contributed by atoms with Crippen molar-refractivity contribution in [2.75, 3.05) is 30.0 Å². The van der Waals surface area contributed by atoms with E-state index in [1.165, 1.54) is 16.4 Å². The summed E-state index contributed by atoms with van der Waals surface area (Å²) in [5, 5.41) is 10.9. The molecule has 1 aliphatic heterocycles. The van der Waals surface area contributed by atoms with E-state index < -0.39 is 14.9 Å². The van der Waals surface area contributed by atoms with Crippen LogP contribution >= 0.6 is 11.8 Å². The van der Waals surface area contributed by atoms with Crippen LogP contribution < -0.4 is 11.3 Å². The van der Waals surface area contributed by atoms with Gasteiger partial charge in [-0.2, -0.15) is 16.1 Å². The Morgan fingerprint density at radius 1 is 1.33 bits per heavy atom. The summed E-state index contributed by atoms with van der Waals surface area (Å²) in [4.78, 5) is 10.1. The fourth-order valence-corrected chi connectivity index (χ4v) is 4.72. The van der Waals surface area contributed by atoms with Crippen LogP contribution in [0, 0.1) is 10.1 Å². The molecule has 0 unspecified atom stereocenters. The van der Waals surface area contributed by atoms with Gasteiger partial charge in [-0.05, 0) is 18.2 Å². The number of nitrogens with zero attached hydrogens (tertiary/aromatic N) is 2. The number of non-ortho nitro benzene ring substituents is 1. The van der Waals surface area contributed by atoms with Gasteiger partial charge in [0.05, 0.1) is 10.6 Å².